The Balaban J connectivity index is 3.00. The van der Waals surface area contributed by atoms with Gasteiger partial charge in [0.25, 0.3) is 0 Å². The summed E-state index contributed by atoms with van der Waals surface area (Å²) in [6, 6.07) is 4.87. The highest BCUT2D eigenvalue weighted by Crippen LogP contribution is 2.20. The van der Waals surface area contributed by atoms with Crippen molar-refractivity contribution in [2.24, 2.45) is 0 Å². The molecule has 0 spiro atoms. The minimum atomic E-state index is 0.436. The zero-order valence-corrected chi connectivity index (χ0v) is 13.8. The van der Waals surface area contributed by atoms with Crippen molar-refractivity contribution in [1.82, 2.24) is 10.3 Å². The monoisotopic (exact) mass is 275 g/mol. The van der Waals surface area contributed by atoms with Crippen LogP contribution in [0.2, 0.25) is 0 Å². The molecule has 1 N–H and O–H groups in total. The molecule has 0 aliphatic carbocycles. The summed E-state index contributed by atoms with van der Waals surface area (Å²) >= 11 is 0. The van der Waals surface area contributed by atoms with Crippen LogP contribution in [-0.2, 0) is 6.54 Å². The van der Waals surface area contributed by atoms with Crippen molar-refractivity contribution in [1.29, 1.82) is 0 Å². The van der Waals surface area contributed by atoms with Crippen LogP contribution in [0.25, 0.3) is 0 Å². The predicted octanol–water partition coefficient (Wildman–Crippen LogP) is 3.72. The third-order valence-corrected chi connectivity index (χ3v) is 3.10. The SMILES string of the molecule is C=C(C)CN(C)c1cc(CNC(C)C)cc(C(C)C)n1. The average Bonchev–Trinajstić information content (AvgIpc) is 2.35. The van der Waals surface area contributed by atoms with Gasteiger partial charge in [0.15, 0.2) is 0 Å². The van der Waals surface area contributed by atoms with Crippen LogP contribution < -0.4 is 10.2 Å². The molecule has 0 saturated heterocycles. The summed E-state index contributed by atoms with van der Waals surface area (Å²) in [6.45, 7) is 16.4. The van der Waals surface area contributed by atoms with Crippen LogP contribution in [0.15, 0.2) is 24.3 Å². The molecule has 0 amide bonds. The van der Waals surface area contributed by atoms with E-state index in [1.54, 1.807) is 0 Å². The van der Waals surface area contributed by atoms with Crippen molar-refractivity contribution in [2.45, 2.75) is 53.1 Å². The second kappa shape index (κ2) is 7.44. The van der Waals surface area contributed by atoms with Crippen LogP contribution >= 0.6 is 0 Å². The van der Waals surface area contributed by atoms with Crippen LogP contribution in [0.1, 0.15) is 51.8 Å². The third kappa shape index (κ3) is 5.33. The molecule has 112 valence electrons. The Kier molecular flexibility index (Phi) is 6.21. The molecule has 1 aromatic heterocycles. The fourth-order valence-electron chi connectivity index (χ4n) is 2.00. The first-order valence-corrected chi connectivity index (χ1v) is 7.39. The van der Waals surface area contributed by atoms with Crippen LogP contribution in [-0.4, -0.2) is 24.6 Å². The molecule has 0 fully saturated rings. The molecule has 0 radical (unpaired) electrons. The Morgan fingerprint density at radius 3 is 2.45 bits per heavy atom. The van der Waals surface area contributed by atoms with Gasteiger partial charge in [-0.1, -0.05) is 39.8 Å². The molecule has 0 aliphatic heterocycles. The quantitative estimate of drug-likeness (QED) is 0.769. The number of nitrogens with one attached hydrogen (secondary N) is 1. The maximum atomic E-state index is 4.77. The molecule has 20 heavy (non-hydrogen) atoms. The van der Waals surface area contributed by atoms with Crippen molar-refractivity contribution in [3.05, 3.63) is 35.5 Å². The van der Waals surface area contributed by atoms with Crippen LogP contribution in [0, 0.1) is 0 Å². The number of hydrogen-bond donors (Lipinski definition) is 1. The van der Waals surface area contributed by atoms with Gasteiger partial charge in [-0.3, -0.25) is 0 Å². The Labute approximate surface area is 124 Å². The van der Waals surface area contributed by atoms with Crippen molar-refractivity contribution in [2.75, 3.05) is 18.5 Å². The first kappa shape index (κ1) is 16.7. The lowest BCUT2D eigenvalue weighted by Crippen LogP contribution is -2.24. The molecular formula is C17H29N3. The second-order valence-electron chi connectivity index (χ2n) is 6.26. The largest absolute Gasteiger partial charge is 0.356 e. The van der Waals surface area contributed by atoms with Gasteiger partial charge in [-0.05, 0) is 30.5 Å². The smallest absolute Gasteiger partial charge is 0.129 e. The number of anilines is 1. The van der Waals surface area contributed by atoms with Gasteiger partial charge >= 0.3 is 0 Å². The maximum Gasteiger partial charge on any atom is 0.129 e. The summed E-state index contributed by atoms with van der Waals surface area (Å²) in [5, 5.41) is 3.47. The van der Waals surface area contributed by atoms with Gasteiger partial charge in [-0.2, -0.15) is 0 Å². The first-order chi connectivity index (χ1) is 9.29. The van der Waals surface area contributed by atoms with E-state index in [0.717, 1.165) is 30.2 Å². The Bertz CT molecular complexity index is 450. The molecule has 0 aromatic carbocycles. The number of pyridine rings is 1. The topological polar surface area (TPSA) is 28.2 Å². The summed E-state index contributed by atoms with van der Waals surface area (Å²) in [6.07, 6.45) is 0. The lowest BCUT2D eigenvalue weighted by molar-refractivity contribution is 0.587. The number of hydrogen-bond acceptors (Lipinski definition) is 3. The number of rotatable bonds is 7. The highest BCUT2D eigenvalue weighted by molar-refractivity contribution is 5.43. The van der Waals surface area contributed by atoms with Crippen molar-refractivity contribution >= 4 is 5.82 Å². The minimum Gasteiger partial charge on any atom is -0.356 e. The maximum absolute atomic E-state index is 4.77. The number of aromatic nitrogens is 1. The summed E-state index contributed by atoms with van der Waals surface area (Å²) in [5.74, 6) is 1.46. The molecule has 0 saturated carbocycles. The molecular weight excluding hydrogens is 246 g/mol. The van der Waals surface area contributed by atoms with Crippen LogP contribution in [0.5, 0.6) is 0 Å². The van der Waals surface area contributed by atoms with Crippen molar-refractivity contribution in [3.8, 4) is 0 Å². The Morgan fingerprint density at radius 1 is 1.30 bits per heavy atom. The molecule has 0 atom stereocenters. The fourth-order valence-corrected chi connectivity index (χ4v) is 2.00. The fraction of sp³-hybridized carbons (Fsp3) is 0.588. The first-order valence-electron chi connectivity index (χ1n) is 7.39. The van der Waals surface area contributed by atoms with Gasteiger partial charge in [0.05, 0.1) is 0 Å². The van der Waals surface area contributed by atoms with Gasteiger partial charge in [0.1, 0.15) is 5.82 Å². The van der Waals surface area contributed by atoms with Crippen molar-refractivity contribution < 1.29 is 0 Å². The summed E-state index contributed by atoms with van der Waals surface area (Å²) in [7, 11) is 2.07. The molecule has 1 aromatic rings. The van der Waals surface area contributed by atoms with Gasteiger partial charge in [0, 0.05) is 31.9 Å². The van der Waals surface area contributed by atoms with Gasteiger partial charge in [-0.25, -0.2) is 4.98 Å². The van der Waals surface area contributed by atoms with Gasteiger partial charge in [-0.15, -0.1) is 0 Å². The zero-order valence-electron chi connectivity index (χ0n) is 13.8. The van der Waals surface area contributed by atoms with E-state index in [4.69, 9.17) is 4.98 Å². The van der Waals surface area contributed by atoms with Gasteiger partial charge < -0.3 is 10.2 Å². The van der Waals surface area contributed by atoms with Gasteiger partial charge in [0.2, 0.25) is 0 Å². The third-order valence-electron chi connectivity index (χ3n) is 3.10. The molecule has 0 bridgehead atoms. The van der Waals surface area contributed by atoms with E-state index in [0.29, 0.717) is 12.0 Å². The minimum absolute atomic E-state index is 0.436. The summed E-state index contributed by atoms with van der Waals surface area (Å²) in [4.78, 5) is 6.93. The highest BCUT2D eigenvalue weighted by atomic mass is 15.2. The second-order valence-corrected chi connectivity index (χ2v) is 6.26. The van der Waals surface area contributed by atoms with Crippen LogP contribution in [0.4, 0.5) is 5.82 Å². The van der Waals surface area contributed by atoms with E-state index in [2.05, 4.69) is 63.7 Å². The van der Waals surface area contributed by atoms with Crippen LogP contribution in [0.3, 0.4) is 0 Å². The zero-order chi connectivity index (χ0) is 15.3. The normalized spacial score (nSPS) is 11.2. The molecule has 3 heteroatoms. The molecule has 1 heterocycles. The molecule has 0 unspecified atom stereocenters. The predicted molar refractivity (Wildman–Crippen MR) is 88.4 cm³/mol. The summed E-state index contributed by atoms with van der Waals surface area (Å²) < 4.78 is 0. The van der Waals surface area contributed by atoms with E-state index >= 15 is 0 Å². The Hall–Kier alpha value is -1.35. The Morgan fingerprint density at radius 2 is 1.95 bits per heavy atom. The van der Waals surface area contributed by atoms with E-state index in [1.807, 2.05) is 6.92 Å². The molecule has 1 rings (SSSR count). The average molecular weight is 275 g/mol. The van der Waals surface area contributed by atoms with E-state index in [1.165, 1.54) is 5.56 Å². The van der Waals surface area contributed by atoms with Crippen molar-refractivity contribution in [3.63, 3.8) is 0 Å². The van der Waals surface area contributed by atoms with E-state index in [9.17, 15) is 0 Å². The lowest BCUT2D eigenvalue weighted by atomic mass is 10.1. The van der Waals surface area contributed by atoms with E-state index in [-0.39, 0.29) is 0 Å². The standard InChI is InChI=1S/C17H29N3/c1-12(2)11-20(7)17-9-15(10-18-14(5)6)8-16(19-17)13(3)4/h8-9,13-14,18H,1,10-11H2,2-7H3. The number of nitrogens with zero attached hydrogens (tertiary/aromatic N) is 2. The lowest BCUT2D eigenvalue weighted by Gasteiger charge is -2.21. The molecule has 0 aliphatic rings. The van der Waals surface area contributed by atoms with E-state index < -0.39 is 0 Å². The highest BCUT2D eigenvalue weighted by Gasteiger charge is 2.10. The number of likely N-dealkylation sites (N-methyl/N-ethyl adjacent to an activating group) is 1. The summed E-state index contributed by atoms with van der Waals surface area (Å²) in [5.41, 5.74) is 3.59. The molecule has 3 nitrogen and oxygen atoms in total.